The van der Waals surface area contributed by atoms with Gasteiger partial charge in [0.1, 0.15) is 0 Å². The second-order valence-corrected chi connectivity index (χ2v) is 8.49. The minimum atomic E-state index is -0.182. The van der Waals surface area contributed by atoms with Crippen LogP contribution in [0.3, 0.4) is 0 Å². The summed E-state index contributed by atoms with van der Waals surface area (Å²) in [5, 5.41) is 12.3. The summed E-state index contributed by atoms with van der Waals surface area (Å²) in [5.74, 6) is 0.0494. The lowest BCUT2D eigenvalue weighted by atomic mass is 9.91. The van der Waals surface area contributed by atoms with Crippen LogP contribution < -0.4 is 10.6 Å². The van der Waals surface area contributed by atoms with Gasteiger partial charge in [-0.05, 0) is 75.2 Å². The number of rotatable bonds is 4. The number of halogens is 3. The molecule has 0 aliphatic carbocycles. The van der Waals surface area contributed by atoms with Crippen LogP contribution in [0, 0.1) is 13.8 Å². The highest BCUT2D eigenvalue weighted by atomic mass is 35.5. The normalized spacial score (nSPS) is 14.2. The average molecular weight is 480 g/mol. The predicted molar refractivity (Wildman–Crippen MR) is 130 cm³/mol. The molecule has 1 aliphatic heterocycles. The van der Waals surface area contributed by atoms with Crippen molar-refractivity contribution in [2.24, 2.45) is 0 Å². The van der Waals surface area contributed by atoms with E-state index in [1.807, 2.05) is 54.9 Å². The number of amides is 1. The predicted octanol–water partition coefficient (Wildman–Crippen LogP) is 5.94. The van der Waals surface area contributed by atoms with Crippen molar-refractivity contribution in [2.45, 2.75) is 32.6 Å². The van der Waals surface area contributed by atoms with Gasteiger partial charge >= 0.3 is 0 Å². The maximum atomic E-state index is 13.3. The van der Waals surface area contributed by atoms with Crippen molar-refractivity contribution >= 4 is 47.2 Å². The van der Waals surface area contributed by atoms with Crippen LogP contribution in [-0.2, 0) is 0 Å². The molecular weight excluding hydrogens is 455 g/mol. The molecule has 2 aromatic carbocycles. The summed E-state index contributed by atoms with van der Waals surface area (Å²) in [6, 6.07) is 11.4. The molecule has 2 heterocycles. The Bertz CT molecular complexity index is 1090. The van der Waals surface area contributed by atoms with Crippen molar-refractivity contribution in [2.75, 3.05) is 18.4 Å². The van der Waals surface area contributed by atoms with Crippen LogP contribution in [0.5, 0.6) is 0 Å². The van der Waals surface area contributed by atoms with Crippen LogP contribution in [0.4, 0.5) is 5.69 Å². The van der Waals surface area contributed by atoms with Gasteiger partial charge in [0.2, 0.25) is 0 Å². The van der Waals surface area contributed by atoms with Gasteiger partial charge < -0.3 is 10.6 Å². The number of benzene rings is 2. The monoisotopic (exact) mass is 478 g/mol. The van der Waals surface area contributed by atoms with Crippen molar-refractivity contribution in [3.05, 3.63) is 75.0 Å². The van der Waals surface area contributed by atoms with Crippen LogP contribution >= 0.6 is 35.6 Å². The second kappa shape index (κ2) is 10.0. The summed E-state index contributed by atoms with van der Waals surface area (Å²) in [7, 11) is 0. The Hall–Kier alpha value is -2.05. The van der Waals surface area contributed by atoms with Gasteiger partial charge in [0.25, 0.3) is 5.91 Å². The van der Waals surface area contributed by atoms with E-state index >= 15 is 0 Å². The third kappa shape index (κ3) is 4.90. The molecule has 0 saturated carbocycles. The molecule has 1 amide bonds. The molecule has 4 rings (SSSR count). The maximum absolute atomic E-state index is 13.3. The number of piperidine rings is 1. The Morgan fingerprint density at radius 2 is 1.87 bits per heavy atom. The van der Waals surface area contributed by atoms with Crippen molar-refractivity contribution < 1.29 is 4.79 Å². The Morgan fingerprint density at radius 1 is 1.13 bits per heavy atom. The molecule has 0 unspecified atom stereocenters. The van der Waals surface area contributed by atoms with Crippen LogP contribution in [0.15, 0.2) is 42.6 Å². The SMILES string of the molecule is Cc1ccc(-n2ncc(C(=O)Nc3cccc(Cl)c3C)c2C2CCNCC2)cc1Cl.Cl. The summed E-state index contributed by atoms with van der Waals surface area (Å²) in [5.41, 5.74) is 4.91. The van der Waals surface area contributed by atoms with Crippen LogP contribution in [0.25, 0.3) is 5.69 Å². The first-order chi connectivity index (χ1) is 14.5. The number of nitrogens with zero attached hydrogens (tertiary/aromatic N) is 2. The van der Waals surface area contributed by atoms with Crippen molar-refractivity contribution in [3.8, 4) is 5.69 Å². The molecule has 0 radical (unpaired) electrons. The largest absolute Gasteiger partial charge is 0.322 e. The maximum Gasteiger partial charge on any atom is 0.259 e. The van der Waals surface area contributed by atoms with Crippen molar-refractivity contribution in [3.63, 3.8) is 0 Å². The van der Waals surface area contributed by atoms with Gasteiger partial charge in [-0.2, -0.15) is 5.10 Å². The number of aromatic nitrogens is 2. The lowest BCUT2D eigenvalue weighted by Gasteiger charge is -2.25. The van der Waals surface area contributed by atoms with Crippen molar-refractivity contribution in [1.82, 2.24) is 15.1 Å². The number of hydrogen-bond donors (Lipinski definition) is 2. The molecule has 2 N–H and O–H groups in total. The van der Waals surface area contributed by atoms with Gasteiger partial charge in [0, 0.05) is 21.7 Å². The fourth-order valence-electron chi connectivity index (χ4n) is 3.87. The van der Waals surface area contributed by atoms with Gasteiger partial charge in [-0.15, -0.1) is 12.4 Å². The highest BCUT2D eigenvalue weighted by molar-refractivity contribution is 6.32. The summed E-state index contributed by atoms with van der Waals surface area (Å²) in [4.78, 5) is 13.3. The first kappa shape index (κ1) is 23.6. The molecule has 0 spiro atoms. The molecule has 164 valence electrons. The van der Waals surface area contributed by atoms with Gasteiger partial charge in [0.15, 0.2) is 0 Å². The Balaban J connectivity index is 0.00000272. The first-order valence-electron chi connectivity index (χ1n) is 10.1. The summed E-state index contributed by atoms with van der Waals surface area (Å²) in [6.45, 7) is 5.69. The standard InChI is InChI=1S/C23H24Cl2N4O.ClH/c1-14-6-7-17(12-20(14)25)29-22(16-8-10-26-11-9-16)18(13-27-29)23(30)28-21-5-3-4-19(24)15(21)2;/h3-7,12-13,16,26H,8-11H2,1-2H3,(H,28,30);1H. The van der Waals surface area contributed by atoms with E-state index in [0.29, 0.717) is 21.3 Å². The topological polar surface area (TPSA) is 59.0 Å². The highest BCUT2D eigenvalue weighted by Gasteiger charge is 2.27. The molecule has 1 fully saturated rings. The smallest absolute Gasteiger partial charge is 0.259 e. The minimum absolute atomic E-state index is 0. The Morgan fingerprint density at radius 3 is 2.58 bits per heavy atom. The number of aryl methyl sites for hydroxylation is 1. The second-order valence-electron chi connectivity index (χ2n) is 7.68. The molecule has 0 atom stereocenters. The Labute approximate surface area is 198 Å². The van der Waals surface area contributed by atoms with Gasteiger partial charge in [0.05, 0.1) is 23.1 Å². The molecule has 1 saturated heterocycles. The average Bonchev–Trinajstić information content (AvgIpc) is 3.19. The molecule has 5 nitrogen and oxygen atoms in total. The number of carbonyl (C=O) groups excluding carboxylic acids is 1. The number of hydrogen-bond acceptors (Lipinski definition) is 3. The van der Waals surface area contributed by atoms with E-state index in [1.165, 1.54) is 0 Å². The van der Waals surface area contributed by atoms with E-state index in [2.05, 4.69) is 15.7 Å². The molecule has 1 aromatic heterocycles. The lowest BCUT2D eigenvalue weighted by Crippen LogP contribution is -2.29. The third-order valence-corrected chi connectivity index (χ3v) is 6.51. The molecular formula is C23H25Cl3N4O. The van der Waals surface area contributed by atoms with Crippen LogP contribution in [-0.4, -0.2) is 28.8 Å². The van der Waals surface area contributed by atoms with E-state index in [1.54, 1.807) is 6.20 Å². The summed E-state index contributed by atoms with van der Waals surface area (Å²) < 4.78 is 1.86. The summed E-state index contributed by atoms with van der Waals surface area (Å²) in [6.07, 6.45) is 3.55. The highest BCUT2D eigenvalue weighted by Crippen LogP contribution is 2.32. The van der Waals surface area contributed by atoms with E-state index in [4.69, 9.17) is 23.2 Å². The molecule has 31 heavy (non-hydrogen) atoms. The van der Waals surface area contributed by atoms with Gasteiger partial charge in [-0.1, -0.05) is 35.3 Å². The fourth-order valence-corrected chi connectivity index (χ4v) is 4.22. The molecule has 1 aliphatic rings. The minimum Gasteiger partial charge on any atom is -0.322 e. The third-order valence-electron chi connectivity index (χ3n) is 5.69. The lowest BCUT2D eigenvalue weighted by molar-refractivity contribution is 0.102. The Kier molecular flexibility index (Phi) is 7.65. The first-order valence-corrected chi connectivity index (χ1v) is 10.8. The molecule has 8 heteroatoms. The number of anilines is 1. The zero-order chi connectivity index (χ0) is 21.3. The number of carbonyl (C=O) groups is 1. The van der Waals surface area contributed by atoms with Gasteiger partial charge in [-0.3, -0.25) is 4.79 Å². The zero-order valence-electron chi connectivity index (χ0n) is 17.4. The van der Waals surface area contributed by atoms with E-state index in [9.17, 15) is 4.79 Å². The van der Waals surface area contributed by atoms with E-state index in [-0.39, 0.29) is 24.2 Å². The van der Waals surface area contributed by atoms with E-state index < -0.39 is 0 Å². The zero-order valence-corrected chi connectivity index (χ0v) is 19.7. The number of nitrogens with one attached hydrogen (secondary N) is 2. The molecule has 3 aromatic rings. The van der Waals surface area contributed by atoms with Gasteiger partial charge in [-0.25, -0.2) is 4.68 Å². The molecule has 0 bridgehead atoms. The van der Waals surface area contributed by atoms with E-state index in [0.717, 1.165) is 48.4 Å². The van der Waals surface area contributed by atoms with Crippen LogP contribution in [0.2, 0.25) is 10.0 Å². The summed E-state index contributed by atoms with van der Waals surface area (Å²) >= 11 is 12.6. The fraction of sp³-hybridized carbons (Fsp3) is 0.304. The van der Waals surface area contributed by atoms with Crippen LogP contribution in [0.1, 0.15) is 45.9 Å². The quantitative estimate of drug-likeness (QED) is 0.487. The van der Waals surface area contributed by atoms with Crippen molar-refractivity contribution in [1.29, 1.82) is 0 Å².